The van der Waals surface area contributed by atoms with Gasteiger partial charge in [0.05, 0.1) is 0 Å². The molecule has 0 aliphatic carbocycles. The van der Waals surface area contributed by atoms with Crippen LogP contribution in [0.4, 0.5) is 5.69 Å². The average Bonchev–Trinajstić information content (AvgIpc) is 2.68. The minimum absolute atomic E-state index is 0.109. The Labute approximate surface area is 159 Å². The number of nitrogens with one attached hydrogen (secondary N) is 1. The molecule has 3 aromatic carbocycles. The van der Waals surface area contributed by atoms with Crippen molar-refractivity contribution in [3.63, 3.8) is 0 Å². The molecule has 0 radical (unpaired) electrons. The van der Waals surface area contributed by atoms with E-state index >= 15 is 0 Å². The molecule has 0 aliphatic heterocycles. The zero-order valence-corrected chi connectivity index (χ0v) is 15.0. The Morgan fingerprint density at radius 3 is 2.41 bits per heavy atom. The van der Waals surface area contributed by atoms with Crippen molar-refractivity contribution in [3.8, 4) is 17.2 Å². The van der Waals surface area contributed by atoms with Gasteiger partial charge in [0.15, 0.2) is 0 Å². The highest BCUT2D eigenvalue weighted by Gasteiger charge is 2.04. The molecule has 0 fully saturated rings. The number of benzene rings is 3. The number of phenolic OH excluding ortho intramolecular Hbond substituents is 3. The molecular formula is C23H23NO3. The third kappa shape index (κ3) is 5.28. The Balaban J connectivity index is 1.61. The third-order valence-corrected chi connectivity index (χ3v) is 4.31. The van der Waals surface area contributed by atoms with Gasteiger partial charge < -0.3 is 20.6 Å². The molecule has 4 N–H and O–H groups in total. The van der Waals surface area contributed by atoms with Crippen LogP contribution in [0.5, 0.6) is 17.2 Å². The number of hydrogen-bond acceptors (Lipinski definition) is 4. The van der Waals surface area contributed by atoms with Gasteiger partial charge in [-0.2, -0.15) is 0 Å². The van der Waals surface area contributed by atoms with Gasteiger partial charge in [-0.1, -0.05) is 42.5 Å². The predicted octanol–water partition coefficient (Wildman–Crippen LogP) is 5.06. The molecule has 0 aromatic heterocycles. The summed E-state index contributed by atoms with van der Waals surface area (Å²) in [5, 5.41) is 32.6. The van der Waals surface area contributed by atoms with Crippen LogP contribution in [0.25, 0.3) is 6.08 Å². The number of allylic oxidation sites excluding steroid dienone is 1. The van der Waals surface area contributed by atoms with E-state index in [1.807, 2.05) is 36.4 Å². The first kappa shape index (κ1) is 18.4. The van der Waals surface area contributed by atoms with Crippen molar-refractivity contribution in [3.05, 3.63) is 89.5 Å². The van der Waals surface area contributed by atoms with Crippen molar-refractivity contribution < 1.29 is 15.3 Å². The summed E-state index contributed by atoms with van der Waals surface area (Å²) >= 11 is 0. The van der Waals surface area contributed by atoms with Gasteiger partial charge in [0, 0.05) is 23.4 Å². The van der Waals surface area contributed by atoms with Crippen LogP contribution in [0.15, 0.2) is 72.8 Å². The van der Waals surface area contributed by atoms with E-state index in [9.17, 15) is 15.3 Å². The summed E-state index contributed by atoms with van der Waals surface area (Å²) in [7, 11) is 0. The maximum Gasteiger partial charge on any atom is 0.122 e. The lowest BCUT2D eigenvalue weighted by Gasteiger charge is -2.10. The third-order valence-electron chi connectivity index (χ3n) is 4.31. The molecule has 3 aromatic rings. The second-order valence-electron chi connectivity index (χ2n) is 6.37. The summed E-state index contributed by atoms with van der Waals surface area (Å²) in [6.07, 6.45) is 5.80. The highest BCUT2D eigenvalue weighted by Crippen LogP contribution is 2.26. The van der Waals surface area contributed by atoms with E-state index in [2.05, 4.69) is 17.4 Å². The molecule has 0 atom stereocenters. The number of rotatable bonds is 7. The zero-order chi connectivity index (χ0) is 19.1. The molecule has 0 heterocycles. The van der Waals surface area contributed by atoms with E-state index in [-0.39, 0.29) is 17.2 Å². The van der Waals surface area contributed by atoms with Crippen LogP contribution in [-0.4, -0.2) is 15.3 Å². The minimum atomic E-state index is 0.109. The van der Waals surface area contributed by atoms with E-state index in [0.717, 1.165) is 24.1 Å². The Hall–Kier alpha value is -3.40. The summed E-state index contributed by atoms with van der Waals surface area (Å²) in [5.41, 5.74) is 3.43. The fraction of sp³-hybridized carbons (Fsp3) is 0.130. The highest BCUT2D eigenvalue weighted by molar-refractivity contribution is 5.63. The molecule has 27 heavy (non-hydrogen) atoms. The summed E-state index contributed by atoms with van der Waals surface area (Å²) < 4.78 is 0. The zero-order valence-electron chi connectivity index (χ0n) is 15.0. The summed E-state index contributed by atoms with van der Waals surface area (Å²) in [5.74, 6) is 0.453. The molecule has 3 rings (SSSR count). The minimum Gasteiger partial charge on any atom is -0.508 e. The highest BCUT2D eigenvalue weighted by atomic mass is 16.3. The first-order valence-corrected chi connectivity index (χ1v) is 8.90. The molecular weight excluding hydrogens is 338 g/mol. The Kier molecular flexibility index (Phi) is 6.00. The maximum atomic E-state index is 10.1. The molecule has 0 aliphatic rings. The molecule has 0 spiro atoms. The van der Waals surface area contributed by atoms with Gasteiger partial charge in [0.2, 0.25) is 0 Å². The number of anilines is 1. The summed E-state index contributed by atoms with van der Waals surface area (Å²) in [6, 6.07) is 20.0. The van der Waals surface area contributed by atoms with Crippen molar-refractivity contribution in [2.45, 2.75) is 19.4 Å². The van der Waals surface area contributed by atoms with Gasteiger partial charge in [0.25, 0.3) is 0 Å². The molecule has 4 heteroatoms. The fourth-order valence-electron chi connectivity index (χ4n) is 2.81. The van der Waals surface area contributed by atoms with E-state index in [0.29, 0.717) is 12.1 Å². The quantitative estimate of drug-likeness (QED) is 0.444. The number of phenols is 3. The molecule has 0 amide bonds. The topological polar surface area (TPSA) is 72.7 Å². The monoisotopic (exact) mass is 361 g/mol. The van der Waals surface area contributed by atoms with Gasteiger partial charge in [-0.3, -0.25) is 0 Å². The van der Waals surface area contributed by atoms with Gasteiger partial charge in [0.1, 0.15) is 17.2 Å². The molecule has 138 valence electrons. The average molecular weight is 361 g/mol. The van der Waals surface area contributed by atoms with Crippen LogP contribution in [0, 0.1) is 0 Å². The summed E-state index contributed by atoms with van der Waals surface area (Å²) in [4.78, 5) is 0. The predicted molar refractivity (Wildman–Crippen MR) is 109 cm³/mol. The van der Waals surface area contributed by atoms with Crippen molar-refractivity contribution in [1.29, 1.82) is 0 Å². The van der Waals surface area contributed by atoms with E-state index in [1.165, 1.54) is 23.8 Å². The van der Waals surface area contributed by atoms with Crippen molar-refractivity contribution in [2.75, 3.05) is 5.32 Å². The summed E-state index contributed by atoms with van der Waals surface area (Å²) in [6.45, 7) is 0.363. The van der Waals surface area contributed by atoms with Crippen LogP contribution >= 0.6 is 0 Å². The van der Waals surface area contributed by atoms with Gasteiger partial charge >= 0.3 is 0 Å². The molecule has 0 bridgehead atoms. The van der Waals surface area contributed by atoms with Crippen molar-refractivity contribution in [1.82, 2.24) is 0 Å². The van der Waals surface area contributed by atoms with Crippen LogP contribution in [0.2, 0.25) is 0 Å². The Bertz CT molecular complexity index is 920. The fourth-order valence-corrected chi connectivity index (χ4v) is 2.81. The largest absolute Gasteiger partial charge is 0.508 e. The lowest BCUT2D eigenvalue weighted by molar-refractivity contribution is 0.455. The molecule has 4 nitrogen and oxygen atoms in total. The van der Waals surface area contributed by atoms with Crippen LogP contribution in [-0.2, 0) is 13.0 Å². The standard InChI is InChI=1S/C23H23NO3/c25-21-11-13-23(27)19(15-21)16-24-20-10-12-22(26)18(14-20)9-5-4-8-17-6-2-1-3-7-17/h1-3,5-7,9-15,24-27H,4,8,16H2/b9-5+. The van der Waals surface area contributed by atoms with Gasteiger partial charge in [-0.15, -0.1) is 0 Å². The molecule has 0 saturated carbocycles. The Morgan fingerprint density at radius 2 is 1.59 bits per heavy atom. The smallest absolute Gasteiger partial charge is 0.122 e. The first-order chi connectivity index (χ1) is 13.1. The van der Waals surface area contributed by atoms with Crippen LogP contribution < -0.4 is 5.32 Å². The number of hydrogen-bond donors (Lipinski definition) is 4. The lowest BCUT2D eigenvalue weighted by Crippen LogP contribution is -1.99. The van der Waals surface area contributed by atoms with E-state index in [4.69, 9.17) is 0 Å². The van der Waals surface area contributed by atoms with Crippen LogP contribution in [0.1, 0.15) is 23.1 Å². The Morgan fingerprint density at radius 1 is 0.815 bits per heavy atom. The normalized spacial score (nSPS) is 11.0. The van der Waals surface area contributed by atoms with Crippen molar-refractivity contribution in [2.24, 2.45) is 0 Å². The van der Waals surface area contributed by atoms with E-state index in [1.54, 1.807) is 12.1 Å². The van der Waals surface area contributed by atoms with Crippen molar-refractivity contribution >= 4 is 11.8 Å². The second kappa shape index (κ2) is 8.81. The maximum absolute atomic E-state index is 10.1. The second-order valence-corrected chi connectivity index (χ2v) is 6.37. The molecule has 0 unspecified atom stereocenters. The van der Waals surface area contributed by atoms with Crippen LogP contribution in [0.3, 0.4) is 0 Å². The lowest BCUT2D eigenvalue weighted by atomic mass is 10.1. The number of aromatic hydroxyl groups is 3. The SMILES string of the molecule is Oc1ccc(O)c(CNc2ccc(O)c(/C=C/CCc3ccccc3)c2)c1. The first-order valence-electron chi connectivity index (χ1n) is 8.90. The number of aryl methyl sites for hydroxylation is 1. The molecule has 0 saturated heterocycles. The van der Waals surface area contributed by atoms with E-state index < -0.39 is 0 Å². The van der Waals surface area contributed by atoms with Gasteiger partial charge in [-0.05, 0) is 54.8 Å². The van der Waals surface area contributed by atoms with Gasteiger partial charge in [-0.25, -0.2) is 0 Å².